The number of nitrogens with one attached hydrogen (secondary N) is 1. The van der Waals surface area contributed by atoms with Gasteiger partial charge in [-0.25, -0.2) is 0 Å². The first kappa shape index (κ1) is 25.0. The molecule has 0 spiro atoms. The van der Waals surface area contributed by atoms with Gasteiger partial charge < -0.3 is 11.1 Å². The van der Waals surface area contributed by atoms with E-state index in [-0.39, 0.29) is 36.8 Å². The minimum atomic E-state index is -4.31. The standard InChI is InChI=1S/C19H26F3N3O.2ClH/c20-19(21,22)15-6-4-14(5-7-15)12-25-11-8-16(13-25)24-17(26)18(23)9-2-1-3-10-18;;/h4-7,16H,1-3,8-13,23H2,(H,24,26);2*1H. The Hall–Kier alpha value is -1.02. The number of nitrogens with two attached hydrogens (primary N) is 1. The Morgan fingerprint density at radius 3 is 2.32 bits per heavy atom. The van der Waals surface area contributed by atoms with E-state index in [4.69, 9.17) is 5.73 Å². The van der Waals surface area contributed by atoms with Crippen molar-refractivity contribution < 1.29 is 18.0 Å². The molecule has 0 aromatic heterocycles. The van der Waals surface area contributed by atoms with Crippen LogP contribution in [-0.2, 0) is 17.5 Å². The molecule has 1 amide bonds. The molecule has 1 unspecified atom stereocenters. The summed E-state index contributed by atoms with van der Waals surface area (Å²) >= 11 is 0. The van der Waals surface area contributed by atoms with Gasteiger partial charge in [-0.15, -0.1) is 24.8 Å². The highest BCUT2D eigenvalue weighted by atomic mass is 35.5. The van der Waals surface area contributed by atoms with Crippen molar-refractivity contribution in [3.8, 4) is 0 Å². The molecule has 0 bridgehead atoms. The molecule has 1 saturated carbocycles. The predicted octanol–water partition coefficient (Wildman–Crippen LogP) is 3.90. The van der Waals surface area contributed by atoms with Crippen LogP contribution < -0.4 is 11.1 Å². The summed E-state index contributed by atoms with van der Waals surface area (Å²) in [5.41, 5.74) is 5.74. The van der Waals surface area contributed by atoms with E-state index in [9.17, 15) is 18.0 Å². The number of alkyl halides is 3. The SMILES string of the molecule is Cl.Cl.NC1(C(=O)NC2CCN(Cc3ccc(C(F)(F)F)cc3)C2)CCCCC1. The third kappa shape index (κ3) is 6.24. The van der Waals surface area contributed by atoms with Crippen LogP contribution in [0.4, 0.5) is 13.2 Å². The Labute approximate surface area is 176 Å². The average molecular weight is 442 g/mol. The predicted molar refractivity (Wildman–Crippen MR) is 108 cm³/mol. The van der Waals surface area contributed by atoms with Crippen LogP contribution in [-0.4, -0.2) is 35.5 Å². The molecule has 1 heterocycles. The van der Waals surface area contributed by atoms with E-state index in [2.05, 4.69) is 10.2 Å². The minimum Gasteiger partial charge on any atom is -0.350 e. The van der Waals surface area contributed by atoms with Crippen molar-refractivity contribution in [2.24, 2.45) is 5.73 Å². The number of halogens is 5. The fraction of sp³-hybridized carbons (Fsp3) is 0.632. The first-order chi connectivity index (χ1) is 12.3. The van der Waals surface area contributed by atoms with Gasteiger partial charge in [0.05, 0.1) is 11.1 Å². The van der Waals surface area contributed by atoms with Crippen molar-refractivity contribution >= 4 is 30.7 Å². The Morgan fingerprint density at radius 1 is 1.14 bits per heavy atom. The lowest BCUT2D eigenvalue weighted by molar-refractivity contribution is -0.137. The lowest BCUT2D eigenvalue weighted by atomic mass is 9.82. The number of carbonyl (C=O) groups excluding carboxylic acids is 1. The zero-order chi connectivity index (χ0) is 18.8. The van der Waals surface area contributed by atoms with Crippen LogP contribution in [0.5, 0.6) is 0 Å². The maximum absolute atomic E-state index is 12.6. The second-order valence-corrected chi connectivity index (χ2v) is 7.61. The quantitative estimate of drug-likeness (QED) is 0.744. The number of amides is 1. The van der Waals surface area contributed by atoms with Gasteiger partial charge in [-0.2, -0.15) is 13.2 Å². The molecule has 0 radical (unpaired) electrons. The molecule has 28 heavy (non-hydrogen) atoms. The lowest BCUT2D eigenvalue weighted by Crippen LogP contribution is -2.57. The topological polar surface area (TPSA) is 58.4 Å². The number of nitrogens with zero attached hydrogens (tertiary/aromatic N) is 1. The molecule has 1 aliphatic carbocycles. The van der Waals surface area contributed by atoms with Crippen LogP contribution in [0.1, 0.15) is 49.7 Å². The van der Waals surface area contributed by atoms with Gasteiger partial charge in [0.1, 0.15) is 0 Å². The van der Waals surface area contributed by atoms with Gasteiger partial charge in [-0.3, -0.25) is 9.69 Å². The van der Waals surface area contributed by atoms with Crippen molar-refractivity contribution in [1.82, 2.24) is 10.2 Å². The molecule has 4 nitrogen and oxygen atoms in total. The molecule has 1 atom stereocenters. The second kappa shape index (κ2) is 10.1. The molecule has 3 rings (SSSR count). The Balaban J connectivity index is 0.00000196. The fourth-order valence-electron chi connectivity index (χ4n) is 3.89. The van der Waals surface area contributed by atoms with E-state index in [1.54, 1.807) is 0 Å². The summed E-state index contributed by atoms with van der Waals surface area (Å²) in [6, 6.07) is 5.33. The Morgan fingerprint density at radius 2 is 1.75 bits per heavy atom. The van der Waals surface area contributed by atoms with Crippen molar-refractivity contribution in [2.75, 3.05) is 13.1 Å². The molecule has 3 N–H and O–H groups in total. The maximum Gasteiger partial charge on any atom is 0.416 e. The summed E-state index contributed by atoms with van der Waals surface area (Å²) in [6.45, 7) is 2.09. The summed E-state index contributed by atoms with van der Waals surface area (Å²) in [7, 11) is 0. The zero-order valence-electron chi connectivity index (χ0n) is 15.6. The Kier molecular flexibility index (Phi) is 9.06. The molecule has 1 aromatic carbocycles. The van der Waals surface area contributed by atoms with E-state index >= 15 is 0 Å². The van der Waals surface area contributed by atoms with E-state index in [0.717, 1.165) is 62.8 Å². The average Bonchev–Trinajstić information content (AvgIpc) is 3.02. The first-order valence-electron chi connectivity index (χ1n) is 9.25. The van der Waals surface area contributed by atoms with Crippen LogP contribution >= 0.6 is 24.8 Å². The molecule has 2 fully saturated rings. The molecule has 1 saturated heterocycles. The van der Waals surface area contributed by atoms with Gasteiger partial charge in [-0.1, -0.05) is 31.4 Å². The number of carbonyl (C=O) groups is 1. The third-order valence-corrected chi connectivity index (χ3v) is 5.49. The molecular formula is C19H28Cl2F3N3O. The van der Waals surface area contributed by atoms with Crippen LogP contribution in [0.15, 0.2) is 24.3 Å². The minimum absolute atomic E-state index is 0. The Bertz CT molecular complexity index is 634. The highest BCUT2D eigenvalue weighted by Crippen LogP contribution is 2.29. The molecule has 1 aliphatic heterocycles. The number of hydrogen-bond donors (Lipinski definition) is 2. The highest BCUT2D eigenvalue weighted by Gasteiger charge is 2.37. The smallest absolute Gasteiger partial charge is 0.350 e. The van der Waals surface area contributed by atoms with Gasteiger partial charge >= 0.3 is 6.18 Å². The van der Waals surface area contributed by atoms with Crippen molar-refractivity contribution in [1.29, 1.82) is 0 Å². The van der Waals surface area contributed by atoms with Crippen LogP contribution in [0.25, 0.3) is 0 Å². The number of likely N-dealkylation sites (tertiary alicyclic amines) is 1. The van der Waals surface area contributed by atoms with Crippen molar-refractivity contribution in [2.45, 2.75) is 62.8 Å². The molecule has 2 aliphatic rings. The van der Waals surface area contributed by atoms with E-state index in [0.29, 0.717) is 13.1 Å². The number of benzene rings is 1. The normalized spacial score (nSPS) is 22.1. The van der Waals surface area contributed by atoms with E-state index < -0.39 is 17.3 Å². The van der Waals surface area contributed by atoms with Crippen LogP contribution in [0.3, 0.4) is 0 Å². The summed E-state index contributed by atoms with van der Waals surface area (Å²) in [4.78, 5) is 14.7. The van der Waals surface area contributed by atoms with Crippen molar-refractivity contribution in [3.05, 3.63) is 35.4 Å². The fourth-order valence-corrected chi connectivity index (χ4v) is 3.89. The largest absolute Gasteiger partial charge is 0.416 e. The molecule has 9 heteroatoms. The third-order valence-electron chi connectivity index (χ3n) is 5.49. The monoisotopic (exact) mass is 441 g/mol. The summed E-state index contributed by atoms with van der Waals surface area (Å²) in [5, 5.41) is 3.08. The van der Waals surface area contributed by atoms with Gasteiger partial charge in [0.25, 0.3) is 0 Å². The molecular weight excluding hydrogens is 414 g/mol. The highest BCUT2D eigenvalue weighted by molar-refractivity contribution is 5.86. The second-order valence-electron chi connectivity index (χ2n) is 7.61. The lowest BCUT2D eigenvalue weighted by Gasteiger charge is -2.33. The molecule has 1 aromatic rings. The zero-order valence-corrected chi connectivity index (χ0v) is 17.3. The van der Waals surface area contributed by atoms with Gasteiger partial charge in [-0.05, 0) is 37.0 Å². The van der Waals surface area contributed by atoms with Gasteiger partial charge in [0.15, 0.2) is 0 Å². The maximum atomic E-state index is 12.6. The van der Waals surface area contributed by atoms with E-state index in [1.165, 1.54) is 12.1 Å². The number of hydrogen-bond acceptors (Lipinski definition) is 3. The van der Waals surface area contributed by atoms with Crippen LogP contribution in [0, 0.1) is 0 Å². The summed E-state index contributed by atoms with van der Waals surface area (Å²) < 4.78 is 37.9. The van der Waals surface area contributed by atoms with Gasteiger partial charge in [0.2, 0.25) is 5.91 Å². The molecule has 160 valence electrons. The summed E-state index contributed by atoms with van der Waals surface area (Å²) in [6.07, 6.45) is 1.13. The van der Waals surface area contributed by atoms with E-state index in [1.807, 2.05) is 0 Å². The van der Waals surface area contributed by atoms with Crippen LogP contribution in [0.2, 0.25) is 0 Å². The van der Waals surface area contributed by atoms with Crippen molar-refractivity contribution in [3.63, 3.8) is 0 Å². The first-order valence-corrected chi connectivity index (χ1v) is 9.25. The van der Waals surface area contributed by atoms with Gasteiger partial charge in [0, 0.05) is 25.7 Å². The summed E-state index contributed by atoms with van der Waals surface area (Å²) in [5.74, 6) is -0.0569. The number of rotatable bonds is 4.